The molecule has 14 heavy (non-hydrogen) atoms. The molecule has 0 amide bonds. The zero-order valence-corrected chi connectivity index (χ0v) is 9.20. The second-order valence-corrected chi connectivity index (χ2v) is 3.33. The van der Waals surface area contributed by atoms with Crippen molar-refractivity contribution < 1.29 is 9.47 Å². The molecule has 0 radical (unpaired) electrons. The molecule has 0 atom stereocenters. The van der Waals surface area contributed by atoms with E-state index in [9.17, 15) is 0 Å². The van der Waals surface area contributed by atoms with Crippen LogP contribution < -0.4 is 9.47 Å². The Labute approximate surface area is 85.1 Å². The van der Waals surface area contributed by atoms with Crippen molar-refractivity contribution >= 4 is 0 Å². The second kappa shape index (κ2) is 4.84. The van der Waals surface area contributed by atoms with Gasteiger partial charge in [0.05, 0.1) is 13.7 Å². The molecule has 1 rings (SSSR count). The van der Waals surface area contributed by atoms with Gasteiger partial charge in [-0.1, -0.05) is 13.8 Å². The first-order valence-electron chi connectivity index (χ1n) is 4.86. The van der Waals surface area contributed by atoms with Crippen LogP contribution in [0.4, 0.5) is 0 Å². The summed E-state index contributed by atoms with van der Waals surface area (Å²) in [6.07, 6.45) is 1.75. The van der Waals surface area contributed by atoms with Gasteiger partial charge in [-0.2, -0.15) is 0 Å². The van der Waals surface area contributed by atoms with Crippen LogP contribution in [0.1, 0.15) is 32.3 Å². The minimum absolute atomic E-state index is 0.411. The van der Waals surface area contributed by atoms with Crippen LogP contribution >= 0.6 is 0 Å². The Balaban J connectivity index is 3.13. The van der Waals surface area contributed by atoms with Crippen molar-refractivity contribution in [2.24, 2.45) is 0 Å². The second-order valence-electron chi connectivity index (χ2n) is 3.33. The number of aromatic nitrogens is 1. The van der Waals surface area contributed by atoms with Crippen LogP contribution in [-0.2, 0) is 0 Å². The summed E-state index contributed by atoms with van der Waals surface area (Å²) in [5, 5.41) is 0. The molecular weight excluding hydrogens is 178 g/mol. The lowest BCUT2D eigenvalue weighted by atomic mass is 10.0. The molecule has 0 fully saturated rings. The van der Waals surface area contributed by atoms with Crippen LogP contribution in [0, 0.1) is 0 Å². The molecule has 0 aliphatic carbocycles. The van der Waals surface area contributed by atoms with Crippen LogP contribution in [0.3, 0.4) is 0 Å². The van der Waals surface area contributed by atoms with Crippen LogP contribution in [0.5, 0.6) is 11.6 Å². The summed E-state index contributed by atoms with van der Waals surface area (Å²) in [6, 6.07) is 1.97. The highest BCUT2D eigenvalue weighted by molar-refractivity contribution is 5.43. The molecular formula is C11H17NO2. The Morgan fingerprint density at radius 3 is 2.64 bits per heavy atom. The first-order chi connectivity index (χ1) is 6.70. The normalized spacial score (nSPS) is 10.4. The molecule has 0 bridgehead atoms. The Kier molecular flexibility index (Phi) is 3.74. The third-order valence-electron chi connectivity index (χ3n) is 2.01. The number of methoxy groups -OCH3 is 1. The van der Waals surface area contributed by atoms with Gasteiger partial charge in [0.25, 0.3) is 5.88 Å². The van der Waals surface area contributed by atoms with Crippen molar-refractivity contribution in [2.75, 3.05) is 13.7 Å². The van der Waals surface area contributed by atoms with Gasteiger partial charge in [-0.25, -0.2) is 4.98 Å². The average molecular weight is 195 g/mol. The van der Waals surface area contributed by atoms with Crippen molar-refractivity contribution in [1.82, 2.24) is 4.98 Å². The number of ether oxygens (including phenoxy) is 2. The number of nitrogens with zero attached hydrogens (tertiary/aromatic N) is 1. The number of rotatable bonds is 4. The predicted molar refractivity (Wildman–Crippen MR) is 56.0 cm³/mol. The molecule has 3 heteroatoms. The van der Waals surface area contributed by atoms with E-state index in [-0.39, 0.29) is 0 Å². The van der Waals surface area contributed by atoms with Gasteiger partial charge in [-0.15, -0.1) is 0 Å². The quantitative estimate of drug-likeness (QED) is 0.740. The summed E-state index contributed by atoms with van der Waals surface area (Å²) in [7, 11) is 1.61. The van der Waals surface area contributed by atoms with E-state index >= 15 is 0 Å². The van der Waals surface area contributed by atoms with Gasteiger partial charge in [0.2, 0.25) is 0 Å². The van der Waals surface area contributed by atoms with Crippen LogP contribution in [0.25, 0.3) is 0 Å². The summed E-state index contributed by atoms with van der Waals surface area (Å²) in [5.41, 5.74) is 1.14. The maximum atomic E-state index is 5.53. The summed E-state index contributed by atoms with van der Waals surface area (Å²) < 4.78 is 10.7. The minimum Gasteiger partial charge on any atom is -0.488 e. The van der Waals surface area contributed by atoms with Crippen LogP contribution in [0.2, 0.25) is 0 Å². The van der Waals surface area contributed by atoms with Crippen LogP contribution in [0.15, 0.2) is 12.3 Å². The van der Waals surface area contributed by atoms with Gasteiger partial charge in [0, 0.05) is 11.8 Å². The molecule has 0 saturated carbocycles. The topological polar surface area (TPSA) is 31.4 Å². The standard InChI is InChI=1S/C11H17NO2/c1-5-14-10-9(8(2)3)6-7-12-11(10)13-4/h6-8H,5H2,1-4H3. The summed E-state index contributed by atoms with van der Waals surface area (Å²) in [5.74, 6) is 1.75. The fourth-order valence-corrected chi connectivity index (χ4v) is 1.33. The lowest BCUT2D eigenvalue weighted by molar-refractivity contribution is 0.299. The lowest BCUT2D eigenvalue weighted by Gasteiger charge is -2.14. The van der Waals surface area contributed by atoms with E-state index in [1.807, 2.05) is 13.0 Å². The number of pyridine rings is 1. The largest absolute Gasteiger partial charge is 0.488 e. The van der Waals surface area contributed by atoms with Gasteiger partial charge < -0.3 is 9.47 Å². The molecule has 0 aliphatic rings. The first-order valence-corrected chi connectivity index (χ1v) is 4.86. The molecule has 78 valence electrons. The van der Waals surface area contributed by atoms with Crippen molar-refractivity contribution in [2.45, 2.75) is 26.7 Å². The Morgan fingerprint density at radius 2 is 2.14 bits per heavy atom. The van der Waals surface area contributed by atoms with E-state index in [1.165, 1.54) is 0 Å². The highest BCUT2D eigenvalue weighted by Gasteiger charge is 2.13. The van der Waals surface area contributed by atoms with Crippen molar-refractivity contribution in [3.05, 3.63) is 17.8 Å². The predicted octanol–water partition coefficient (Wildman–Crippen LogP) is 2.61. The van der Waals surface area contributed by atoms with Crippen molar-refractivity contribution in [1.29, 1.82) is 0 Å². The van der Waals surface area contributed by atoms with E-state index < -0.39 is 0 Å². The molecule has 0 aliphatic heterocycles. The average Bonchev–Trinajstić information content (AvgIpc) is 2.18. The Hall–Kier alpha value is -1.25. The third-order valence-corrected chi connectivity index (χ3v) is 2.01. The molecule has 1 heterocycles. The summed E-state index contributed by atoms with van der Waals surface area (Å²) >= 11 is 0. The zero-order valence-electron chi connectivity index (χ0n) is 9.20. The molecule has 1 aromatic rings. The summed E-state index contributed by atoms with van der Waals surface area (Å²) in [6.45, 7) is 6.83. The smallest absolute Gasteiger partial charge is 0.257 e. The van der Waals surface area contributed by atoms with E-state index in [0.29, 0.717) is 18.4 Å². The molecule has 0 unspecified atom stereocenters. The maximum Gasteiger partial charge on any atom is 0.257 e. The molecule has 0 spiro atoms. The summed E-state index contributed by atoms with van der Waals surface area (Å²) in [4.78, 5) is 4.11. The number of hydrogen-bond donors (Lipinski definition) is 0. The van der Waals surface area contributed by atoms with Gasteiger partial charge in [0.1, 0.15) is 0 Å². The monoisotopic (exact) mass is 195 g/mol. The molecule has 0 aromatic carbocycles. The molecule has 0 N–H and O–H groups in total. The van der Waals surface area contributed by atoms with E-state index in [4.69, 9.17) is 9.47 Å². The fraction of sp³-hybridized carbons (Fsp3) is 0.545. The molecule has 3 nitrogen and oxygen atoms in total. The third kappa shape index (κ3) is 2.16. The van der Waals surface area contributed by atoms with Crippen molar-refractivity contribution in [3.63, 3.8) is 0 Å². The SMILES string of the molecule is CCOc1c(C(C)C)ccnc1OC. The van der Waals surface area contributed by atoms with Crippen LogP contribution in [-0.4, -0.2) is 18.7 Å². The van der Waals surface area contributed by atoms with Gasteiger partial charge in [0.15, 0.2) is 5.75 Å². The van der Waals surface area contributed by atoms with Gasteiger partial charge in [-0.05, 0) is 18.9 Å². The molecule has 0 saturated heterocycles. The fourth-order valence-electron chi connectivity index (χ4n) is 1.33. The van der Waals surface area contributed by atoms with Gasteiger partial charge in [-0.3, -0.25) is 0 Å². The van der Waals surface area contributed by atoms with Crippen molar-refractivity contribution in [3.8, 4) is 11.6 Å². The highest BCUT2D eigenvalue weighted by atomic mass is 16.5. The zero-order chi connectivity index (χ0) is 10.6. The minimum atomic E-state index is 0.411. The van der Waals surface area contributed by atoms with E-state index in [0.717, 1.165) is 11.3 Å². The van der Waals surface area contributed by atoms with E-state index in [2.05, 4.69) is 18.8 Å². The van der Waals surface area contributed by atoms with E-state index in [1.54, 1.807) is 13.3 Å². The maximum absolute atomic E-state index is 5.53. The first kappa shape index (κ1) is 10.8. The Morgan fingerprint density at radius 1 is 1.43 bits per heavy atom. The molecule has 1 aromatic heterocycles. The Bertz CT molecular complexity index is 297. The lowest BCUT2D eigenvalue weighted by Crippen LogP contribution is -2.02. The van der Waals surface area contributed by atoms with Gasteiger partial charge >= 0.3 is 0 Å². The number of hydrogen-bond acceptors (Lipinski definition) is 3. The highest BCUT2D eigenvalue weighted by Crippen LogP contribution is 2.33.